The van der Waals surface area contributed by atoms with Crippen molar-refractivity contribution in [1.29, 1.82) is 0 Å². The molecule has 106 valence electrons. The number of aryl methyl sites for hydroxylation is 2. The fraction of sp³-hybridized carbons (Fsp3) is 0.571. The Morgan fingerprint density at radius 1 is 1.16 bits per heavy atom. The minimum Gasteiger partial charge on any atom is -0.394 e. The number of rotatable bonds is 4. The Labute approximate surface area is 114 Å². The Bertz CT molecular complexity index is 590. The third kappa shape index (κ3) is 2.55. The van der Waals surface area contributed by atoms with Crippen molar-refractivity contribution in [2.75, 3.05) is 6.61 Å². The molecule has 2 rings (SSSR count). The molecule has 0 spiro atoms. The first-order valence-corrected chi connectivity index (χ1v) is 7.93. The Morgan fingerprint density at radius 3 is 2.00 bits per heavy atom. The SMILES string of the molecule is Cc1cc(C)c(C)c(S(=O)(=O)NC2(CO)CC2)c1C. The summed E-state index contributed by atoms with van der Waals surface area (Å²) in [6, 6.07) is 2.00. The minimum absolute atomic E-state index is 0.144. The zero-order chi connectivity index (χ0) is 14.4. The van der Waals surface area contributed by atoms with E-state index in [1.54, 1.807) is 0 Å². The van der Waals surface area contributed by atoms with E-state index >= 15 is 0 Å². The zero-order valence-electron chi connectivity index (χ0n) is 11.9. The number of hydrogen-bond acceptors (Lipinski definition) is 3. The number of aliphatic hydroxyl groups is 1. The Hall–Kier alpha value is -0.910. The Balaban J connectivity index is 2.52. The van der Waals surface area contributed by atoms with Gasteiger partial charge in [-0.3, -0.25) is 0 Å². The van der Waals surface area contributed by atoms with E-state index in [1.807, 2.05) is 33.8 Å². The van der Waals surface area contributed by atoms with Crippen LogP contribution in [-0.2, 0) is 10.0 Å². The molecular formula is C14H21NO3S. The van der Waals surface area contributed by atoms with E-state index in [1.165, 1.54) is 0 Å². The van der Waals surface area contributed by atoms with Gasteiger partial charge in [0, 0.05) is 0 Å². The molecule has 5 heteroatoms. The molecule has 0 atom stereocenters. The maximum atomic E-state index is 12.6. The number of aliphatic hydroxyl groups excluding tert-OH is 1. The molecule has 1 fully saturated rings. The van der Waals surface area contributed by atoms with Gasteiger partial charge in [-0.1, -0.05) is 6.07 Å². The van der Waals surface area contributed by atoms with Gasteiger partial charge >= 0.3 is 0 Å². The number of nitrogens with one attached hydrogen (secondary N) is 1. The first kappa shape index (κ1) is 14.5. The van der Waals surface area contributed by atoms with Crippen molar-refractivity contribution < 1.29 is 13.5 Å². The Kier molecular flexibility index (Phi) is 3.49. The third-order valence-corrected chi connectivity index (χ3v) is 5.92. The molecule has 4 nitrogen and oxygen atoms in total. The molecule has 0 saturated heterocycles. The van der Waals surface area contributed by atoms with Crippen LogP contribution in [0.3, 0.4) is 0 Å². The van der Waals surface area contributed by atoms with Gasteiger partial charge in [0.15, 0.2) is 0 Å². The summed E-state index contributed by atoms with van der Waals surface area (Å²) >= 11 is 0. The van der Waals surface area contributed by atoms with Crippen molar-refractivity contribution >= 4 is 10.0 Å². The summed E-state index contributed by atoms with van der Waals surface area (Å²) in [5, 5.41) is 9.29. The fourth-order valence-electron chi connectivity index (χ4n) is 2.36. The lowest BCUT2D eigenvalue weighted by Gasteiger charge is -2.19. The predicted molar refractivity (Wildman–Crippen MR) is 74.8 cm³/mol. The predicted octanol–water partition coefficient (Wildman–Crippen LogP) is 1.72. The lowest BCUT2D eigenvalue weighted by molar-refractivity contribution is 0.246. The lowest BCUT2D eigenvalue weighted by atomic mass is 10.0. The molecule has 2 N–H and O–H groups in total. The van der Waals surface area contributed by atoms with Gasteiger partial charge in [0.05, 0.1) is 17.0 Å². The van der Waals surface area contributed by atoms with Crippen molar-refractivity contribution in [3.05, 3.63) is 28.3 Å². The summed E-state index contributed by atoms with van der Waals surface area (Å²) in [6.07, 6.45) is 1.40. The molecule has 0 aliphatic heterocycles. The molecule has 1 aromatic carbocycles. The quantitative estimate of drug-likeness (QED) is 0.884. The van der Waals surface area contributed by atoms with E-state index in [2.05, 4.69) is 4.72 Å². The highest BCUT2D eigenvalue weighted by Crippen LogP contribution is 2.37. The van der Waals surface area contributed by atoms with Gasteiger partial charge < -0.3 is 5.11 Å². The third-order valence-electron chi connectivity index (χ3n) is 4.07. The number of hydrogen-bond donors (Lipinski definition) is 2. The molecular weight excluding hydrogens is 262 g/mol. The summed E-state index contributed by atoms with van der Waals surface area (Å²) in [5.41, 5.74) is 2.87. The topological polar surface area (TPSA) is 66.4 Å². The highest BCUT2D eigenvalue weighted by Gasteiger charge is 2.46. The van der Waals surface area contributed by atoms with Crippen molar-refractivity contribution in [3.8, 4) is 0 Å². The average Bonchev–Trinajstić information content (AvgIpc) is 3.06. The summed E-state index contributed by atoms with van der Waals surface area (Å²) in [6.45, 7) is 7.35. The maximum absolute atomic E-state index is 12.6. The van der Waals surface area contributed by atoms with Crippen LogP contribution in [0.2, 0.25) is 0 Å². The minimum atomic E-state index is -3.58. The smallest absolute Gasteiger partial charge is 0.241 e. The molecule has 0 amide bonds. The summed E-state index contributed by atoms with van der Waals surface area (Å²) in [4.78, 5) is 0.365. The molecule has 1 saturated carbocycles. The van der Waals surface area contributed by atoms with Gasteiger partial charge in [-0.15, -0.1) is 0 Å². The summed E-state index contributed by atoms with van der Waals surface area (Å²) in [7, 11) is -3.58. The van der Waals surface area contributed by atoms with E-state index in [0.717, 1.165) is 22.3 Å². The highest BCUT2D eigenvalue weighted by molar-refractivity contribution is 7.89. The van der Waals surface area contributed by atoms with Crippen LogP contribution in [-0.4, -0.2) is 25.7 Å². The number of benzene rings is 1. The van der Waals surface area contributed by atoms with E-state index in [9.17, 15) is 13.5 Å². The molecule has 0 unspecified atom stereocenters. The van der Waals surface area contributed by atoms with Crippen LogP contribution < -0.4 is 4.72 Å². The van der Waals surface area contributed by atoms with Gasteiger partial charge in [-0.25, -0.2) is 13.1 Å². The molecule has 19 heavy (non-hydrogen) atoms. The molecule has 1 aromatic rings. The van der Waals surface area contributed by atoms with Crippen LogP contribution in [0.1, 0.15) is 35.1 Å². The molecule has 1 aliphatic carbocycles. The second-order valence-electron chi connectivity index (χ2n) is 5.63. The maximum Gasteiger partial charge on any atom is 0.241 e. The standard InChI is InChI=1S/C14H21NO3S/c1-9-7-10(2)12(4)13(11(9)3)19(17,18)15-14(8-16)5-6-14/h7,15-16H,5-6,8H2,1-4H3. The largest absolute Gasteiger partial charge is 0.394 e. The highest BCUT2D eigenvalue weighted by atomic mass is 32.2. The van der Waals surface area contributed by atoms with Gasteiger partial charge in [0.1, 0.15) is 0 Å². The van der Waals surface area contributed by atoms with Crippen LogP contribution in [0, 0.1) is 27.7 Å². The average molecular weight is 283 g/mol. The molecule has 1 aliphatic rings. The molecule has 0 aromatic heterocycles. The number of sulfonamides is 1. The van der Waals surface area contributed by atoms with Gasteiger partial charge in [-0.05, 0) is 62.8 Å². The van der Waals surface area contributed by atoms with Crippen LogP contribution in [0.25, 0.3) is 0 Å². The van der Waals surface area contributed by atoms with Crippen molar-refractivity contribution in [2.24, 2.45) is 0 Å². The molecule has 0 bridgehead atoms. The second kappa shape index (κ2) is 4.58. The van der Waals surface area contributed by atoms with Gasteiger partial charge in [0.25, 0.3) is 0 Å². The lowest BCUT2D eigenvalue weighted by Crippen LogP contribution is -2.40. The van der Waals surface area contributed by atoms with Crippen molar-refractivity contribution in [2.45, 2.75) is 51.0 Å². The van der Waals surface area contributed by atoms with Crippen molar-refractivity contribution in [1.82, 2.24) is 4.72 Å². The van der Waals surface area contributed by atoms with Crippen LogP contribution >= 0.6 is 0 Å². The summed E-state index contributed by atoms with van der Waals surface area (Å²) in [5.74, 6) is 0. The molecule has 0 heterocycles. The van der Waals surface area contributed by atoms with Crippen LogP contribution in [0.5, 0.6) is 0 Å². The normalized spacial score (nSPS) is 17.5. The first-order chi connectivity index (χ1) is 8.72. The van der Waals surface area contributed by atoms with Gasteiger partial charge in [0.2, 0.25) is 10.0 Å². The van der Waals surface area contributed by atoms with Gasteiger partial charge in [-0.2, -0.15) is 0 Å². The van der Waals surface area contributed by atoms with E-state index in [4.69, 9.17) is 0 Å². The first-order valence-electron chi connectivity index (χ1n) is 6.45. The van der Waals surface area contributed by atoms with E-state index in [0.29, 0.717) is 17.7 Å². The summed E-state index contributed by atoms with van der Waals surface area (Å²) < 4.78 is 27.8. The zero-order valence-corrected chi connectivity index (χ0v) is 12.7. The van der Waals surface area contributed by atoms with Crippen molar-refractivity contribution in [3.63, 3.8) is 0 Å². The van der Waals surface area contributed by atoms with E-state index in [-0.39, 0.29) is 6.61 Å². The monoisotopic (exact) mass is 283 g/mol. The fourth-order valence-corrected chi connectivity index (χ4v) is 4.43. The molecule has 0 radical (unpaired) electrons. The van der Waals surface area contributed by atoms with E-state index < -0.39 is 15.6 Å². The van der Waals surface area contributed by atoms with Crippen LogP contribution in [0.15, 0.2) is 11.0 Å². The van der Waals surface area contributed by atoms with Crippen LogP contribution in [0.4, 0.5) is 0 Å². The Morgan fingerprint density at radius 2 is 1.63 bits per heavy atom. The second-order valence-corrected chi connectivity index (χ2v) is 7.25.